The van der Waals surface area contributed by atoms with Gasteiger partial charge in [0.2, 0.25) is 11.8 Å². The Morgan fingerprint density at radius 2 is 2.27 bits per heavy atom. The molecule has 2 N–H and O–H groups in total. The maximum Gasteiger partial charge on any atom is 0.243 e. The average Bonchev–Trinajstić information content (AvgIpc) is 3.10. The fourth-order valence-corrected chi connectivity index (χ4v) is 2.94. The standard InChI is InChI=1S/C17H19N3O2/c1-2-9-18-17(22)15-7-8-16(21)20(15)11-12-10-19-14-6-4-3-5-13(12)14/h2-6,10,15,19H,1,7-9,11H2,(H,18,22)/t15-/m1/s1. The molecule has 1 aromatic heterocycles. The summed E-state index contributed by atoms with van der Waals surface area (Å²) in [6, 6.07) is 7.57. The van der Waals surface area contributed by atoms with Gasteiger partial charge in [-0.15, -0.1) is 6.58 Å². The highest BCUT2D eigenvalue weighted by molar-refractivity contribution is 5.91. The molecule has 0 spiro atoms. The van der Waals surface area contributed by atoms with E-state index in [4.69, 9.17) is 0 Å². The number of hydrogen-bond donors (Lipinski definition) is 2. The Morgan fingerprint density at radius 3 is 3.09 bits per heavy atom. The molecule has 2 aromatic rings. The van der Waals surface area contributed by atoms with E-state index >= 15 is 0 Å². The van der Waals surface area contributed by atoms with Gasteiger partial charge < -0.3 is 15.2 Å². The van der Waals surface area contributed by atoms with Gasteiger partial charge >= 0.3 is 0 Å². The molecule has 1 fully saturated rings. The van der Waals surface area contributed by atoms with Crippen molar-refractivity contribution in [3.63, 3.8) is 0 Å². The van der Waals surface area contributed by atoms with E-state index in [-0.39, 0.29) is 17.9 Å². The molecule has 0 bridgehead atoms. The topological polar surface area (TPSA) is 65.2 Å². The van der Waals surface area contributed by atoms with Gasteiger partial charge in [-0.3, -0.25) is 9.59 Å². The predicted molar refractivity (Wildman–Crippen MR) is 85.1 cm³/mol. The lowest BCUT2D eigenvalue weighted by Crippen LogP contribution is -2.44. The highest BCUT2D eigenvalue weighted by Crippen LogP contribution is 2.25. The van der Waals surface area contributed by atoms with E-state index in [0.29, 0.717) is 25.9 Å². The lowest BCUT2D eigenvalue weighted by molar-refractivity contribution is -0.135. The van der Waals surface area contributed by atoms with Gasteiger partial charge in [-0.05, 0) is 18.1 Å². The van der Waals surface area contributed by atoms with Gasteiger partial charge in [0.1, 0.15) is 6.04 Å². The molecular formula is C17H19N3O2. The second-order valence-electron chi connectivity index (χ2n) is 5.47. The van der Waals surface area contributed by atoms with Crippen LogP contribution in [0.4, 0.5) is 0 Å². The number of aromatic amines is 1. The minimum Gasteiger partial charge on any atom is -0.361 e. The number of fused-ring (bicyclic) bond motifs is 1. The fraction of sp³-hybridized carbons (Fsp3) is 0.294. The van der Waals surface area contributed by atoms with Crippen LogP contribution in [0.5, 0.6) is 0 Å². The van der Waals surface area contributed by atoms with Gasteiger partial charge in [0, 0.05) is 36.6 Å². The first kappa shape index (κ1) is 14.4. The zero-order chi connectivity index (χ0) is 15.5. The van der Waals surface area contributed by atoms with Crippen molar-refractivity contribution in [1.82, 2.24) is 15.2 Å². The molecular weight excluding hydrogens is 278 g/mol. The summed E-state index contributed by atoms with van der Waals surface area (Å²) in [6.45, 7) is 4.46. The molecule has 5 nitrogen and oxygen atoms in total. The summed E-state index contributed by atoms with van der Waals surface area (Å²) in [6.07, 6.45) is 4.55. The van der Waals surface area contributed by atoms with Crippen LogP contribution in [0.15, 0.2) is 43.1 Å². The van der Waals surface area contributed by atoms with Crippen molar-refractivity contribution < 1.29 is 9.59 Å². The summed E-state index contributed by atoms with van der Waals surface area (Å²) in [5, 5.41) is 3.87. The minimum absolute atomic E-state index is 0.0315. The number of benzene rings is 1. The minimum atomic E-state index is -0.388. The second-order valence-corrected chi connectivity index (χ2v) is 5.47. The third kappa shape index (κ3) is 2.62. The molecule has 0 radical (unpaired) electrons. The average molecular weight is 297 g/mol. The number of carbonyl (C=O) groups is 2. The number of nitrogens with one attached hydrogen (secondary N) is 2. The molecule has 5 heteroatoms. The fourth-order valence-electron chi connectivity index (χ4n) is 2.94. The number of nitrogens with zero attached hydrogens (tertiary/aromatic N) is 1. The monoisotopic (exact) mass is 297 g/mol. The molecule has 114 valence electrons. The first-order valence-electron chi connectivity index (χ1n) is 7.44. The highest BCUT2D eigenvalue weighted by atomic mass is 16.2. The molecule has 2 amide bonds. The first-order chi connectivity index (χ1) is 10.7. The number of amides is 2. The van der Waals surface area contributed by atoms with Crippen LogP contribution in [0.2, 0.25) is 0 Å². The van der Waals surface area contributed by atoms with E-state index in [1.807, 2.05) is 30.5 Å². The summed E-state index contributed by atoms with van der Waals surface area (Å²) in [7, 11) is 0. The van der Waals surface area contributed by atoms with Crippen LogP contribution in [-0.4, -0.2) is 34.3 Å². The second kappa shape index (κ2) is 6.05. The SMILES string of the molecule is C=CCNC(=O)[C@H]1CCC(=O)N1Cc1c[nH]c2ccccc12. The van der Waals surface area contributed by atoms with Crippen LogP contribution < -0.4 is 5.32 Å². The maximum absolute atomic E-state index is 12.2. The van der Waals surface area contributed by atoms with Crippen molar-refractivity contribution in [1.29, 1.82) is 0 Å². The number of likely N-dealkylation sites (tertiary alicyclic amines) is 1. The molecule has 1 saturated heterocycles. The summed E-state index contributed by atoms with van der Waals surface area (Å²) in [4.78, 5) is 29.2. The van der Waals surface area contributed by atoms with E-state index in [1.54, 1.807) is 11.0 Å². The molecule has 1 aliphatic heterocycles. The van der Waals surface area contributed by atoms with Crippen LogP contribution in [0.3, 0.4) is 0 Å². The quantitative estimate of drug-likeness (QED) is 0.829. The van der Waals surface area contributed by atoms with Gasteiger partial charge in [0.25, 0.3) is 0 Å². The van der Waals surface area contributed by atoms with Gasteiger partial charge in [0.05, 0.1) is 0 Å². The van der Waals surface area contributed by atoms with Gasteiger partial charge in [0.15, 0.2) is 0 Å². The number of rotatable bonds is 5. The van der Waals surface area contributed by atoms with E-state index in [2.05, 4.69) is 16.9 Å². The normalized spacial score (nSPS) is 17.9. The summed E-state index contributed by atoms with van der Waals surface area (Å²) in [5.74, 6) is -0.0744. The van der Waals surface area contributed by atoms with Crippen molar-refractivity contribution in [2.24, 2.45) is 0 Å². The Balaban J connectivity index is 1.81. The van der Waals surface area contributed by atoms with Crippen LogP contribution in [-0.2, 0) is 16.1 Å². The summed E-state index contributed by atoms with van der Waals surface area (Å²) in [5.41, 5.74) is 2.07. The maximum atomic E-state index is 12.2. The Kier molecular flexibility index (Phi) is 3.96. The summed E-state index contributed by atoms with van der Waals surface area (Å²) < 4.78 is 0. The van der Waals surface area contributed by atoms with Crippen LogP contribution >= 0.6 is 0 Å². The highest BCUT2D eigenvalue weighted by Gasteiger charge is 2.35. The molecule has 1 atom stereocenters. The Hall–Kier alpha value is -2.56. The molecule has 1 aliphatic rings. The van der Waals surface area contributed by atoms with Gasteiger partial charge in [-0.1, -0.05) is 24.3 Å². The molecule has 1 aromatic carbocycles. The smallest absolute Gasteiger partial charge is 0.243 e. The lowest BCUT2D eigenvalue weighted by atomic mass is 10.1. The lowest BCUT2D eigenvalue weighted by Gasteiger charge is -2.23. The largest absolute Gasteiger partial charge is 0.361 e. The van der Waals surface area contributed by atoms with Crippen LogP contribution in [0.25, 0.3) is 10.9 Å². The first-order valence-corrected chi connectivity index (χ1v) is 7.44. The number of aromatic nitrogens is 1. The van der Waals surface area contributed by atoms with E-state index < -0.39 is 0 Å². The van der Waals surface area contributed by atoms with Crippen molar-refractivity contribution >= 4 is 22.7 Å². The van der Waals surface area contributed by atoms with Crippen molar-refractivity contribution in [2.45, 2.75) is 25.4 Å². The molecule has 0 aliphatic carbocycles. The number of carbonyl (C=O) groups excluding carboxylic acids is 2. The van der Waals surface area contributed by atoms with E-state index in [1.165, 1.54) is 0 Å². The zero-order valence-corrected chi connectivity index (χ0v) is 12.3. The third-order valence-corrected chi connectivity index (χ3v) is 4.07. The van der Waals surface area contributed by atoms with Gasteiger partial charge in [-0.2, -0.15) is 0 Å². The molecule has 0 saturated carbocycles. The van der Waals surface area contributed by atoms with Crippen molar-refractivity contribution in [3.8, 4) is 0 Å². The van der Waals surface area contributed by atoms with Crippen LogP contribution in [0.1, 0.15) is 18.4 Å². The van der Waals surface area contributed by atoms with Crippen molar-refractivity contribution in [2.75, 3.05) is 6.54 Å². The molecule has 3 rings (SSSR count). The molecule has 2 heterocycles. The number of para-hydroxylation sites is 1. The Bertz CT molecular complexity index is 720. The Labute approximate surface area is 129 Å². The molecule has 0 unspecified atom stereocenters. The van der Waals surface area contributed by atoms with Crippen molar-refractivity contribution in [3.05, 3.63) is 48.7 Å². The molecule has 22 heavy (non-hydrogen) atoms. The predicted octanol–water partition coefficient (Wildman–Crippen LogP) is 1.96. The zero-order valence-electron chi connectivity index (χ0n) is 12.3. The summed E-state index contributed by atoms with van der Waals surface area (Å²) >= 11 is 0. The number of hydrogen-bond acceptors (Lipinski definition) is 2. The number of H-pyrrole nitrogens is 1. The van der Waals surface area contributed by atoms with Crippen LogP contribution in [0, 0.1) is 0 Å². The Morgan fingerprint density at radius 1 is 1.45 bits per heavy atom. The van der Waals surface area contributed by atoms with E-state index in [0.717, 1.165) is 16.5 Å². The van der Waals surface area contributed by atoms with Gasteiger partial charge in [-0.25, -0.2) is 0 Å². The third-order valence-electron chi connectivity index (χ3n) is 4.07. The van der Waals surface area contributed by atoms with E-state index in [9.17, 15) is 9.59 Å².